The number of nitrogens with zero attached hydrogens (tertiary/aromatic N) is 1. The van der Waals surface area contributed by atoms with E-state index < -0.39 is 6.03 Å². The molecule has 0 radical (unpaired) electrons. The molecule has 106 valence electrons. The van der Waals surface area contributed by atoms with E-state index in [1.807, 2.05) is 0 Å². The van der Waals surface area contributed by atoms with Gasteiger partial charge in [0.1, 0.15) is 11.5 Å². The van der Waals surface area contributed by atoms with Gasteiger partial charge in [-0.3, -0.25) is 0 Å². The summed E-state index contributed by atoms with van der Waals surface area (Å²) in [6, 6.07) is 8.61. The molecule has 21 heavy (non-hydrogen) atoms. The molecule has 0 aliphatic rings. The summed E-state index contributed by atoms with van der Waals surface area (Å²) < 4.78 is 0. The molecule has 1 heterocycles. The summed E-state index contributed by atoms with van der Waals surface area (Å²) in [5.74, 6) is -0.270. The molecule has 2 aromatic carbocycles. The van der Waals surface area contributed by atoms with Crippen molar-refractivity contribution in [1.29, 1.82) is 0 Å². The minimum atomic E-state index is -0.487. The fraction of sp³-hybridized carbons (Fsp3) is 0. The molecule has 5 N–H and O–H groups in total. The number of anilines is 2. The number of fused-ring (bicyclic) bond motifs is 1. The van der Waals surface area contributed by atoms with Gasteiger partial charge in [0.15, 0.2) is 0 Å². The van der Waals surface area contributed by atoms with E-state index in [1.54, 1.807) is 24.5 Å². The average Bonchev–Trinajstić information content (AvgIpc) is 2.84. The zero-order valence-corrected chi connectivity index (χ0v) is 10.8. The van der Waals surface area contributed by atoms with E-state index >= 15 is 0 Å². The Morgan fingerprint density at radius 3 is 2.48 bits per heavy atom. The van der Waals surface area contributed by atoms with Crippen molar-refractivity contribution >= 4 is 28.4 Å². The number of phenolic OH excluding ortho intramolecular Hbond substituents is 2. The predicted octanol–water partition coefficient (Wildman–Crippen LogP) is 2.62. The van der Waals surface area contributed by atoms with Gasteiger partial charge in [-0.2, -0.15) is 0 Å². The van der Waals surface area contributed by atoms with Crippen molar-refractivity contribution < 1.29 is 15.0 Å². The number of imidazole rings is 1. The lowest BCUT2D eigenvalue weighted by atomic mass is 10.2. The van der Waals surface area contributed by atoms with Crippen LogP contribution in [0.3, 0.4) is 0 Å². The molecule has 0 spiro atoms. The molecule has 7 nitrogen and oxygen atoms in total. The maximum Gasteiger partial charge on any atom is 0.323 e. The maximum absolute atomic E-state index is 11.9. The van der Waals surface area contributed by atoms with Gasteiger partial charge in [-0.05, 0) is 18.2 Å². The zero-order chi connectivity index (χ0) is 14.8. The highest BCUT2D eigenvalue weighted by atomic mass is 16.3. The number of hydrogen-bond donors (Lipinski definition) is 5. The highest BCUT2D eigenvalue weighted by Gasteiger charge is 2.06. The van der Waals surface area contributed by atoms with Gasteiger partial charge in [0.2, 0.25) is 0 Å². The van der Waals surface area contributed by atoms with Crippen LogP contribution in [0.4, 0.5) is 16.2 Å². The van der Waals surface area contributed by atoms with Crippen molar-refractivity contribution in [2.45, 2.75) is 0 Å². The molecule has 7 heteroatoms. The van der Waals surface area contributed by atoms with E-state index in [0.29, 0.717) is 5.69 Å². The molecule has 3 rings (SSSR count). The number of H-pyrrole nitrogens is 1. The maximum atomic E-state index is 11.9. The number of aromatic nitrogens is 2. The van der Waals surface area contributed by atoms with Crippen LogP contribution in [0.2, 0.25) is 0 Å². The van der Waals surface area contributed by atoms with Crippen LogP contribution in [-0.4, -0.2) is 26.2 Å². The van der Waals surface area contributed by atoms with Crippen LogP contribution < -0.4 is 10.6 Å². The number of carbonyl (C=O) groups is 1. The van der Waals surface area contributed by atoms with E-state index in [1.165, 1.54) is 18.2 Å². The first-order valence-electron chi connectivity index (χ1n) is 6.14. The molecule has 0 saturated carbocycles. The van der Waals surface area contributed by atoms with Gasteiger partial charge in [-0.25, -0.2) is 9.78 Å². The number of urea groups is 1. The second kappa shape index (κ2) is 5.04. The molecule has 0 fully saturated rings. The fourth-order valence-corrected chi connectivity index (χ4v) is 1.97. The first-order valence-corrected chi connectivity index (χ1v) is 6.14. The molecule has 1 aromatic heterocycles. The minimum Gasteiger partial charge on any atom is -0.508 e. The summed E-state index contributed by atoms with van der Waals surface area (Å²) in [5.41, 5.74) is 2.49. The number of phenols is 2. The van der Waals surface area contributed by atoms with E-state index in [-0.39, 0.29) is 17.2 Å². The van der Waals surface area contributed by atoms with E-state index in [4.69, 9.17) is 0 Å². The normalized spacial score (nSPS) is 10.5. The summed E-state index contributed by atoms with van der Waals surface area (Å²) in [4.78, 5) is 18.9. The lowest BCUT2D eigenvalue weighted by Gasteiger charge is -2.08. The number of benzene rings is 2. The van der Waals surface area contributed by atoms with E-state index in [0.717, 1.165) is 11.0 Å². The molecule has 0 atom stereocenters. The van der Waals surface area contributed by atoms with Gasteiger partial charge < -0.3 is 25.8 Å². The number of aromatic hydroxyl groups is 2. The van der Waals surface area contributed by atoms with E-state index in [2.05, 4.69) is 20.6 Å². The van der Waals surface area contributed by atoms with Gasteiger partial charge >= 0.3 is 6.03 Å². The molecule has 0 saturated heterocycles. The van der Waals surface area contributed by atoms with Crippen LogP contribution in [0.25, 0.3) is 11.0 Å². The fourth-order valence-electron chi connectivity index (χ4n) is 1.97. The first kappa shape index (κ1) is 12.8. The standard InChI is InChI=1S/C14H12N4O3/c19-10-3-9(4-11(20)6-10)18-14(21)17-8-1-2-12-13(5-8)16-7-15-12/h1-7,19-20H,(H,15,16)(H2,17,18,21). The van der Waals surface area contributed by atoms with Crippen molar-refractivity contribution in [3.63, 3.8) is 0 Å². The third-order valence-electron chi connectivity index (χ3n) is 2.84. The molecule has 3 aromatic rings. The SMILES string of the molecule is O=C(Nc1cc(O)cc(O)c1)Nc1ccc2nc[nH]c2c1. The largest absolute Gasteiger partial charge is 0.508 e. The molecular weight excluding hydrogens is 272 g/mol. The second-order valence-corrected chi connectivity index (χ2v) is 4.45. The highest BCUT2D eigenvalue weighted by molar-refractivity contribution is 6.00. The minimum absolute atomic E-state index is 0.135. The van der Waals surface area contributed by atoms with Gasteiger partial charge in [0, 0.05) is 29.6 Å². The van der Waals surface area contributed by atoms with Crippen LogP contribution in [0, 0.1) is 0 Å². The Kier molecular flexibility index (Phi) is 3.07. The number of aromatic amines is 1. The average molecular weight is 284 g/mol. The topological polar surface area (TPSA) is 110 Å². The van der Waals surface area contributed by atoms with Gasteiger partial charge in [0.25, 0.3) is 0 Å². The van der Waals surface area contributed by atoms with Crippen LogP contribution in [0.1, 0.15) is 0 Å². The molecular formula is C14H12N4O3. The quantitative estimate of drug-likeness (QED) is 0.498. The first-order chi connectivity index (χ1) is 10.1. The van der Waals surface area contributed by atoms with Crippen LogP contribution in [0.5, 0.6) is 11.5 Å². The third-order valence-corrected chi connectivity index (χ3v) is 2.84. The Bertz CT molecular complexity index is 793. The molecule has 0 unspecified atom stereocenters. The second-order valence-electron chi connectivity index (χ2n) is 4.45. The van der Waals surface area contributed by atoms with Crippen LogP contribution in [-0.2, 0) is 0 Å². The summed E-state index contributed by atoms with van der Waals surface area (Å²) in [7, 11) is 0. The Balaban J connectivity index is 1.73. The summed E-state index contributed by atoms with van der Waals surface area (Å²) in [6.45, 7) is 0. The number of nitrogens with one attached hydrogen (secondary N) is 3. The molecule has 0 bridgehead atoms. The number of rotatable bonds is 2. The van der Waals surface area contributed by atoms with Gasteiger partial charge in [-0.1, -0.05) is 0 Å². The number of hydrogen-bond acceptors (Lipinski definition) is 4. The third kappa shape index (κ3) is 2.86. The van der Waals surface area contributed by atoms with Crippen molar-refractivity contribution in [3.05, 3.63) is 42.7 Å². The van der Waals surface area contributed by atoms with Gasteiger partial charge in [-0.15, -0.1) is 0 Å². The monoisotopic (exact) mass is 284 g/mol. The number of amides is 2. The Labute approximate surface area is 119 Å². The Hall–Kier alpha value is -3.22. The van der Waals surface area contributed by atoms with Crippen molar-refractivity contribution in [3.8, 4) is 11.5 Å². The van der Waals surface area contributed by atoms with Crippen molar-refractivity contribution in [1.82, 2.24) is 9.97 Å². The lowest BCUT2D eigenvalue weighted by molar-refractivity contribution is 0.262. The smallest absolute Gasteiger partial charge is 0.323 e. The Morgan fingerprint density at radius 1 is 1.00 bits per heavy atom. The van der Waals surface area contributed by atoms with Crippen molar-refractivity contribution in [2.75, 3.05) is 10.6 Å². The van der Waals surface area contributed by atoms with Crippen LogP contribution in [0.15, 0.2) is 42.7 Å². The van der Waals surface area contributed by atoms with Crippen LogP contribution >= 0.6 is 0 Å². The van der Waals surface area contributed by atoms with Gasteiger partial charge in [0.05, 0.1) is 17.4 Å². The summed E-state index contributed by atoms with van der Waals surface area (Å²) in [5, 5.41) is 23.9. The lowest BCUT2D eigenvalue weighted by Crippen LogP contribution is -2.19. The van der Waals surface area contributed by atoms with E-state index in [9.17, 15) is 15.0 Å². The predicted molar refractivity (Wildman–Crippen MR) is 78.5 cm³/mol. The summed E-state index contributed by atoms with van der Waals surface area (Å²) in [6.07, 6.45) is 1.57. The zero-order valence-electron chi connectivity index (χ0n) is 10.8. The highest BCUT2D eigenvalue weighted by Crippen LogP contribution is 2.24. The molecule has 2 amide bonds. The summed E-state index contributed by atoms with van der Waals surface area (Å²) >= 11 is 0. The molecule has 0 aliphatic heterocycles. The molecule has 0 aliphatic carbocycles. The Morgan fingerprint density at radius 2 is 1.71 bits per heavy atom. The van der Waals surface area contributed by atoms with Crippen molar-refractivity contribution in [2.24, 2.45) is 0 Å². The number of carbonyl (C=O) groups excluding carboxylic acids is 1.